The van der Waals surface area contributed by atoms with Crippen molar-refractivity contribution in [1.82, 2.24) is 9.97 Å². The zero-order valence-electron chi connectivity index (χ0n) is 17.0. The van der Waals surface area contributed by atoms with E-state index >= 15 is 0 Å². The van der Waals surface area contributed by atoms with Crippen molar-refractivity contribution in [2.24, 2.45) is 0 Å². The van der Waals surface area contributed by atoms with Gasteiger partial charge in [0.15, 0.2) is 11.6 Å². The van der Waals surface area contributed by atoms with E-state index in [9.17, 15) is 9.59 Å². The number of anilines is 2. The first-order valence-corrected chi connectivity index (χ1v) is 11.8. The van der Waals surface area contributed by atoms with Crippen LogP contribution < -0.4 is 5.32 Å². The summed E-state index contributed by atoms with van der Waals surface area (Å²) in [5, 5.41) is 6.33. The highest BCUT2D eigenvalue weighted by atomic mass is 79.9. The van der Waals surface area contributed by atoms with Gasteiger partial charge in [-0.15, -0.1) is 11.3 Å². The Bertz CT molecular complexity index is 1590. The van der Waals surface area contributed by atoms with E-state index in [1.54, 1.807) is 53.8 Å². The maximum absolute atomic E-state index is 13.1. The minimum absolute atomic E-state index is 0.133. The molecule has 7 heteroatoms. The monoisotopic (exact) mass is 511 g/mol. The molecule has 0 fully saturated rings. The van der Waals surface area contributed by atoms with Crippen LogP contribution in [-0.2, 0) is 0 Å². The fourth-order valence-electron chi connectivity index (χ4n) is 4.13. The fourth-order valence-corrected chi connectivity index (χ4v) is 5.31. The third-order valence-corrected chi connectivity index (χ3v) is 7.13. The standard InChI is InChI=1S/C26H14BrN3O2S/c27-15-7-5-14(6-8-15)21-12-33-26-22(21)25(28-13-29-26)30-16-9-10-19-20(11-16)24(32)18-4-2-1-3-17(18)23(19)31/h1-13H,(H,28,29,30). The average Bonchev–Trinajstić information content (AvgIpc) is 3.28. The van der Waals surface area contributed by atoms with Crippen molar-refractivity contribution in [3.8, 4) is 11.1 Å². The molecule has 0 amide bonds. The number of hydrogen-bond acceptors (Lipinski definition) is 6. The van der Waals surface area contributed by atoms with E-state index in [1.165, 1.54) is 6.33 Å². The first-order chi connectivity index (χ1) is 16.1. The van der Waals surface area contributed by atoms with Crippen LogP contribution in [0.3, 0.4) is 0 Å². The number of fused-ring (bicyclic) bond motifs is 3. The molecule has 0 bridgehead atoms. The zero-order valence-corrected chi connectivity index (χ0v) is 19.4. The number of hydrogen-bond donors (Lipinski definition) is 1. The number of ketones is 2. The van der Waals surface area contributed by atoms with Gasteiger partial charge in [0.2, 0.25) is 0 Å². The van der Waals surface area contributed by atoms with Crippen LogP contribution in [0.4, 0.5) is 11.5 Å². The lowest BCUT2D eigenvalue weighted by atomic mass is 9.84. The molecule has 0 spiro atoms. The Morgan fingerprint density at radius 2 is 1.45 bits per heavy atom. The molecule has 1 N–H and O–H groups in total. The lowest BCUT2D eigenvalue weighted by molar-refractivity contribution is 0.0979. The number of carbonyl (C=O) groups excluding carboxylic acids is 2. The van der Waals surface area contributed by atoms with Gasteiger partial charge in [0.05, 0.1) is 5.39 Å². The second-order valence-electron chi connectivity index (χ2n) is 7.65. The Morgan fingerprint density at radius 3 is 2.21 bits per heavy atom. The van der Waals surface area contributed by atoms with Crippen LogP contribution >= 0.6 is 27.3 Å². The van der Waals surface area contributed by atoms with Gasteiger partial charge in [0.1, 0.15) is 17.0 Å². The topological polar surface area (TPSA) is 72.0 Å². The van der Waals surface area contributed by atoms with E-state index in [-0.39, 0.29) is 11.6 Å². The lowest BCUT2D eigenvalue weighted by Gasteiger charge is -2.18. The zero-order chi connectivity index (χ0) is 22.5. The molecule has 1 aliphatic carbocycles. The van der Waals surface area contributed by atoms with Gasteiger partial charge >= 0.3 is 0 Å². The van der Waals surface area contributed by atoms with Crippen LogP contribution in [-0.4, -0.2) is 21.5 Å². The third kappa shape index (κ3) is 3.28. The molecule has 6 rings (SSSR count). The normalized spacial score (nSPS) is 12.5. The number of nitrogens with zero attached hydrogens (tertiary/aromatic N) is 2. The first-order valence-electron chi connectivity index (χ1n) is 10.2. The Morgan fingerprint density at radius 1 is 0.758 bits per heavy atom. The van der Waals surface area contributed by atoms with E-state index in [0.717, 1.165) is 25.8 Å². The smallest absolute Gasteiger partial charge is 0.194 e. The number of benzene rings is 3. The highest BCUT2D eigenvalue weighted by Gasteiger charge is 2.29. The van der Waals surface area contributed by atoms with Gasteiger partial charge in [-0.3, -0.25) is 9.59 Å². The summed E-state index contributed by atoms with van der Waals surface area (Å²) >= 11 is 5.03. The molecule has 33 heavy (non-hydrogen) atoms. The van der Waals surface area contributed by atoms with Crippen molar-refractivity contribution in [3.05, 3.63) is 105 Å². The Balaban J connectivity index is 1.43. The SMILES string of the molecule is O=C1c2ccccc2C(=O)c2cc(Nc3ncnc4scc(-c5ccc(Br)cc5)c34)ccc21. The van der Waals surface area contributed by atoms with Crippen molar-refractivity contribution < 1.29 is 9.59 Å². The molecule has 5 aromatic rings. The van der Waals surface area contributed by atoms with E-state index in [0.29, 0.717) is 33.8 Å². The van der Waals surface area contributed by atoms with Crippen molar-refractivity contribution in [2.45, 2.75) is 0 Å². The van der Waals surface area contributed by atoms with Crippen molar-refractivity contribution >= 4 is 60.6 Å². The molecule has 5 nitrogen and oxygen atoms in total. The number of halogens is 1. The van der Waals surface area contributed by atoms with Crippen LogP contribution in [0, 0.1) is 0 Å². The molecule has 158 valence electrons. The van der Waals surface area contributed by atoms with Crippen LogP contribution in [0.2, 0.25) is 0 Å². The van der Waals surface area contributed by atoms with Crippen LogP contribution in [0.15, 0.2) is 82.9 Å². The van der Waals surface area contributed by atoms with Gasteiger partial charge in [-0.25, -0.2) is 9.97 Å². The lowest BCUT2D eigenvalue weighted by Crippen LogP contribution is -2.20. The van der Waals surface area contributed by atoms with Gasteiger partial charge in [-0.2, -0.15) is 0 Å². The molecule has 0 aliphatic heterocycles. The van der Waals surface area contributed by atoms with Gasteiger partial charge in [0, 0.05) is 43.4 Å². The molecule has 0 radical (unpaired) electrons. The summed E-state index contributed by atoms with van der Waals surface area (Å²) in [6.07, 6.45) is 1.52. The summed E-state index contributed by atoms with van der Waals surface area (Å²) in [5.74, 6) is 0.364. The van der Waals surface area contributed by atoms with E-state index < -0.39 is 0 Å². The summed E-state index contributed by atoms with van der Waals surface area (Å²) in [6, 6.07) is 20.3. The van der Waals surface area contributed by atoms with E-state index in [2.05, 4.69) is 36.6 Å². The van der Waals surface area contributed by atoms with Gasteiger partial charge in [0.25, 0.3) is 0 Å². The highest BCUT2D eigenvalue weighted by Crippen LogP contribution is 2.38. The van der Waals surface area contributed by atoms with Crippen molar-refractivity contribution in [3.63, 3.8) is 0 Å². The van der Waals surface area contributed by atoms with E-state index in [4.69, 9.17) is 0 Å². The molecule has 2 heterocycles. The van der Waals surface area contributed by atoms with Gasteiger partial charge in [-0.05, 0) is 35.9 Å². The first kappa shape index (κ1) is 20.0. The number of nitrogens with one attached hydrogen (secondary N) is 1. The fraction of sp³-hybridized carbons (Fsp3) is 0. The van der Waals surface area contributed by atoms with Crippen LogP contribution in [0.5, 0.6) is 0 Å². The second kappa shape index (κ2) is 7.72. The van der Waals surface area contributed by atoms with Crippen LogP contribution in [0.1, 0.15) is 31.8 Å². The predicted octanol–water partition coefficient (Wildman–Crippen LogP) is 6.64. The minimum atomic E-state index is -0.150. The Labute approximate surface area is 201 Å². The summed E-state index contributed by atoms with van der Waals surface area (Å²) < 4.78 is 1.01. The average molecular weight is 512 g/mol. The number of thiophene rings is 1. The second-order valence-corrected chi connectivity index (χ2v) is 9.42. The summed E-state index contributed by atoms with van der Waals surface area (Å²) in [4.78, 5) is 35.8. The Hall–Kier alpha value is -3.68. The van der Waals surface area contributed by atoms with Crippen molar-refractivity contribution in [1.29, 1.82) is 0 Å². The molecule has 0 atom stereocenters. The van der Waals surface area contributed by atoms with E-state index in [1.807, 2.05) is 24.3 Å². The molecule has 0 saturated carbocycles. The van der Waals surface area contributed by atoms with Crippen LogP contribution in [0.25, 0.3) is 21.3 Å². The predicted molar refractivity (Wildman–Crippen MR) is 134 cm³/mol. The minimum Gasteiger partial charge on any atom is -0.340 e. The molecular weight excluding hydrogens is 498 g/mol. The van der Waals surface area contributed by atoms with Crippen molar-refractivity contribution in [2.75, 3.05) is 5.32 Å². The number of rotatable bonds is 3. The third-order valence-electron chi connectivity index (χ3n) is 5.71. The maximum atomic E-state index is 13.1. The summed E-state index contributed by atoms with van der Waals surface area (Å²) in [5.41, 5.74) is 4.48. The largest absolute Gasteiger partial charge is 0.340 e. The highest BCUT2D eigenvalue weighted by molar-refractivity contribution is 9.10. The number of aromatic nitrogens is 2. The summed E-state index contributed by atoms with van der Waals surface area (Å²) in [6.45, 7) is 0. The number of carbonyl (C=O) groups is 2. The molecular formula is C26H14BrN3O2S. The maximum Gasteiger partial charge on any atom is 0.194 e. The molecule has 0 unspecified atom stereocenters. The van der Waals surface area contributed by atoms with Gasteiger partial charge < -0.3 is 5.32 Å². The molecule has 3 aromatic carbocycles. The molecule has 2 aromatic heterocycles. The Kier molecular flexibility index (Phi) is 4.67. The van der Waals surface area contributed by atoms with Gasteiger partial charge in [-0.1, -0.05) is 52.3 Å². The quantitative estimate of drug-likeness (QED) is 0.288. The summed E-state index contributed by atoms with van der Waals surface area (Å²) in [7, 11) is 0. The molecule has 1 aliphatic rings. The molecule has 0 saturated heterocycles.